The van der Waals surface area contributed by atoms with E-state index in [0.29, 0.717) is 37.4 Å². The minimum atomic E-state index is -0.109. The molecular weight excluding hydrogens is 265 g/mol. The maximum Gasteiger partial charge on any atom is 0.155 e. The highest BCUT2D eigenvalue weighted by Crippen LogP contribution is 2.35. The zero-order chi connectivity index (χ0) is 14.3. The number of rotatable bonds is 7. The van der Waals surface area contributed by atoms with Gasteiger partial charge < -0.3 is 18.9 Å². The van der Waals surface area contributed by atoms with E-state index in [1.807, 2.05) is 6.07 Å². The van der Waals surface area contributed by atoms with Crippen LogP contribution in [-0.4, -0.2) is 37.1 Å². The Morgan fingerprint density at radius 1 is 1.16 bits per heavy atom. The molecule has 0 amide bonds. The Balaban J connectivity index is 2.30. The number of hydrogen-bond donors (Lipinski definition) is 1. The molecule has 1 heterocycles. The molecule has 19 heavy (non-hydrogen) atoms. The first-order valence-corrected chi connectivity index (χ1v) is 7.55. The molecule has 0 bridgehead atoms. The second-order valence-corrected chi connectivity index (χ2v) is 5.87. The largest absolute Gasteiger partial charge is 0.394 e. The molecule has 1 aliphatic rings. The minimum Gasteiger partial charge on any atom is -0.394 e. The molecule has 6 heteroatoms. The number of hydrogen-bond acceptors (Lipinski definition) is 5. The van der Waals surface area contributed by atoms with E-state index in [9.17, 15) is 5.11 Å². The van der Waals surface area contributed by atoms with E-state index in [1.54, 1.807) is 0 Å². The molecule has 2 unspecified atom stereocenters. The summed E-state index contributed by atoms with van der Waals surface area (Å²) < 4.78 is 16.5. The summed E-state index contributed by atoms with van der Waals surface area (Å²) in [4.78, 5) is 0. The lowest BCUT2D eigenvalue weighted by molar-refractivity contribution is -0.157. The molecule has 0 spiro atoms. The molecular formula is C13H24NO4P. The van der Waals surface area contributed by atoms with Crippen molar-refractivity contribution in [1.29, 1.82) is 5.26 Å². The normalized spacial score (nSPS) is 35.6. The second-order valence-electron chi connectivity index (χ2n) is 5.12. The molecule has 1 N–H and O–H groups in total. The molecule has 1 aliphatic heterocycles. The van der Waals surface area contributed by atoms with Gasteiger partial charge in [-0.05, 0) is 17.8 Å². The third-order valence-electron chi connectivity index (χ3n) is 4.04. The lowest BCUT2D eigenvalue weighted by Crippen LogP contribution is -2.47. The van der Waals surface area contributed by atoms with Gasteiger partial charge in [-0.3, -0.25) is 0 Å². The Kier molecular flexibility index (Phi) is 7.82. The van der Waals surface area contributed by atoms with Crippen LogP contribution in [0.4, 0.5) is 0 Å². The fourth-order valence-corrected chi connectivity index (χ4v) is 2.83. The van der Waals surface area contributed by atoms with Gasteiger partial charge in [-0.2, -0.15) is 5.26 Å². The molecule has 1 saturated heterocycles. The summed E-state index contributed by atoms with van der Waals surface area (Å²) in [7, 11) is -0.0587. The predicted molar refractivity (Wildman–Crippen MR) is 73.7 cm³/mol. The van der Waals surface area contributed by atoms with E-state index in [2.05, 4.69) is 20.8 Å². The summed E-state index contributed by atoms with van der Waals surface area (Å²) in [6.07, 6.45) is 0.270. The predicted octanol–water partition coefficient (Wildman–Crippen LogP) is 2.11. The van der Waals surface area contributed by atoms with Gasteiger partial charge in [0.25, 0.3) is 0 Å². The molecule has 5 nitrogen and oxygen atoms in total. The van der Waals surface area contributed by atoms with Crippen molar-refractivity contribution in [1.82, 2.24) is 0 Å². The number of ether oxygens (including phenoxy) is 1. The van der Waals surface area contributed by atoms with Crippen LogP contribution in [-0.2, 0) is 13.8 Å². The van der Waals surface area contributed by atoms with E-state index in [-0.39, 0.29) is 27.8 Å². The maximum atomic E-state index is 9.33. The van der Waals surface area contributed by atoms with Crippen LogP contribution in [0.25, 0.3) is 0 Å². The highest BCUT2D eigenvalue weighted by Gasteiger charge is 2.38. The van der Waals surface area contributed by atoms with Gasteiger partial charge in [0.1, 0.15) is 0 Å². The van der Waals surface area contributed by atoms with Crippen molar-refractivity contribution in [2.75, 3.05) is 19.8 Å². The van der Waals surface area contributed by atoms with Crippen LogP contribution in [0, 0.1) is 29.1 Å². The molecule has 0 aromatic rings. The zero-order valence-electron chi connectivity index (χ0n) is 11.8. The van der Waals surface area contributed by atoms with Crippen molar-refractivity contribution in [3.05, 3.63) is 0 Å². The van der Waals surface area contributed by atoms with Crippen LogP contribution in [0.3, 0.4) is 0 Å². The van der Waals surface area contributed by atoms with Crippen LogP contribution in [0.1, 0.15) is 27.2 Å². The molecule has 0 radical (unpaired) electrons. The van der Waals surface area contributed by atoms with Crippen LogP contribution in [0.5, 0.6) is 0 Å². The van der Waals surface area contributed by atoms with Crippen molar-refractivity contribution in [2.24, 2.45) is 17.8 Å². The topological polar surface area (TPSA) is 71.7 Å². The zero-order valence-corrected chi connectivity index (χ0v) is 12.8. The van der Waals surface area contributed by atoms with Crippen LogP contribution in [0.2, 0.25) is 0 Å². The van der Waals surface area contributed by atoms with Crippen LogP contribution < -0.4 is 0 Å². The Morgan fingerprint density at radius 2 is 1.84 bits per heavy atom. The number of nitriles is 1. The molecule has 1 fully saturated rings. The third-order valence-corrected chi connectivity index (χ3v) is 4.65. The van der Waals surface area contributed by atoms with Gasteiger partial charge in [-0.25, -0.2) is 0 Å². The first-order chi connectivity index (χ1) is 9.11. The molecule has 0 aromatic heterocycles. The first-order valence-electron chi connectivity index (χ1n) is 6.73. The molecule has 0 aliphatic carbocycles. The van der Waals surface area contributed by atoms with Gasteiger partial charge in [-0.1, -0.05) is 20.8 Å². The van der Waals surface area contributed by atoms with Gasteiger partial charge in [0.15, 0.2) is 9.03 Å². The van der Waals surface area contributed by atoms with E-state index in [1.165, 1.54) is 0 Å². The summed E-state index contributed by atoms with van der Waals surface area (Å²) in [5, 5.41) is 17.7. The van der Waals surface area contributed by atoms with Crippen molar-refractivity contribution >= 4 is 9.03 Å². The van der Waals surface area contributed by atoms with Crippen molar-refractivity contribution in [3.63, 3.8) is 0 Å². The third kappa shape index (κ3) is 4.98. The average molecular weight is 289 g/mol. The van der Waals surface area contributed by atoms with E-state index >= 15 is 0 Å². The second kappa shape index (κ2) is 8.84. The quantitative estimate of drug-likeness (QED) is 0.574. The van der Waals surface area contributed by atoms with E-state index < -0.39 is 0 Å². The van der Waals surface area contributed by atoms with Crippen molar-refractivity contribution < 1.29 is 18.9 Å². The van der Waals surface area contributed by atoms with Gasteiger partial charge in [-0.15, -0.1) is 0 Å². The number of aliphatic hydroxyl groups is 1. The summed E-state index contributed by atoms with van der Waals surface area (Å²) in [6, 6.07) is 2.01. The van der Waals surface area contributed by atoms with E-state index in [4.69, 9.17) is 19.0 Å². The number of aliphatic hydroxyl groups excluding tert-OH is 1. The minimum absolute atomic E-state index is 0.00424. The maximum absolute atomic E-state index is 9.33. The fraction of sp³-hybridized carbons (Fsp3) is 0.923. The molecule has 1 rings (SSSR count). The highest BCUT2D eigenvalue weighted by molar-refractivity contribution is 7.26. The summed E-state index contributed by atoms with van der Waals surface area (Å²) in [5.41, 5.74) is 0. The van der Waals surface area contributed by atoms with Gasteiger partial charge in [0, 0.05) is 0 Å². The SMILES string of the molecule is C[C@H]1[C@H](C)[C@@H](CO)OC(COPOCCC#N)[C@H]1C. The molecule has 110 valence electrons. The fourth-order valence-electron chi connectivity index (χ4n) is 2.32. The Labute approximate surface area is 117 Å². The molecule has 0 aromatic carbocycles. The number of nitrogens with zero attached hydrogens (tertiary/aromatic N) is 1. The van der Waals surface area contributed by atoms with Gasteiger partial charge in [0.05, 0.1) is 44.5 Å². The van der Waals surface area contributed by atoms with Crippen LogP contribution >= 0.6 is 9.03 Å². The molecule has 0 saturated carbocycles. The first kappa shape index (κ1) is 16.8. The lowest BCUT2D eigenvalue weighted by Gasteiger charge is -2.43. The van der Waals surface area contributed by atoms with Gasteiger partial charge in [0.2, 0.25) is 0 Å². The summed E-state index contributed by atoms with van der Waals surface area (Å²) in [5.74, 6) is 1.23. The monoisotopic (exact) mass is 289 g/mol. The van der Waals surface area contributed by atoms with E-state index in [0.717, 1.165) is 0 Å². The van der Waals surface area contributed by atoms with Gasteiger partial charge >= 0.3 is 0 Å². The Bertz CT molecular complexity index is 295. The van der Waals surface area contributed by atoms with Crippen LogP contribution in [0.15, 0.2) is 0 Å². The van der Waals surface area contributed by atoms with Crippen molar-refractivity contribution in [3.8, 4) is 6.07 Å². The Morgan fingerprint density at radius 3 is 2.47 bits per heavy atom. The highest BCUT2D eigenvalue weighted by atomic mass is 31.1. The summed E-state index contributed by atoms with van der Waals surface area (Å²) in [6.45, 7) is 7.39. The van der Waals surface area contributed by atoms with Crippen molar-refractivity contribution in [2.45, 2.75) is 39.4 Å². The summed E-state index contributed by atoms with van der Waals surface area (Å²) >= 11 is 0. The molecule has 6 atom stereocenters. The smallest absolute Gasteiger partial charge is 0.155 e. The standard InChI is InChI=1S/C13H24NO4P/c1-9-10(2)12(7-15)18-13(11(9)3)8-17-19-16-6-4-5-14/h9-13,15,19H,4,6-8H2,1-3H3/t9-,10-,11-,12+,13?/m0/s1. The Hall–Kier alpha value is -0.240. The average Bonchev–Trinajstić information content (AvgIpc) is 2.42. The lowest BCUT2D eigenvalue weighted by atomic mass is 9.77.